The maximum Gasteiger partial charge on any atom is 0.308 e. The third kappa shape index (κ3) is 2.17. The van der Waals surface area contributed by atoms with Gasteiger partial charge in [0.2, 0.25) is 0 Å². The molecule has 1 saturated carbocycles. The average Bonchev–Trinajstić information content (AvgIpc) is 2.81. The van der Waals surface area contributed by atoms with Crippen molar-refractivity contribution in [2.75, 3.05) is 13.1 Å². The Kier molecular flexibility index (Phi) is 2.53. The molecule has 0 amide bonds. The van der Waals surface area contributed by atoms with E-state index in [4.69, 9.17) is 0 Å². The lowest BCUT2D eigenvalue weighted by Crippen LogP contribution is -2.40. The first kappa shape index (κ1) is 10.9. The molecule has 1 saturated heterocycles. The fourth-order valence-corrected chi connectivity index (χ4v) is 2.64. The maximum atomic E-state index is 11.2. The zero-order valence-corrected chi connectivity index (χ0v) is 9.86. The van der Waals surface area contributed by atoms with Crippen LogP contribution in [-0.2, 0) is 4.79 Å². The standard InChI is InChI=1S/C12H21NO2/c1-12(2,3)13-6-9(8-4-5-8)10(7-13)11(14)15/h8-10H,4-7H2,1-3H3,(H,14,15)/t9-,10+/m0/s1. The van der Waals surface area contributed by atoms with E-state index in [-0.39, 0.29) is 11.5 Å². The summed E-state index contributed by atoms with van der Waals surface area (Å²) in [5.74, 6) is 0.371. The van der Waals surface area contributed by atoms with Crippen LogP contribution in [0.4, 0.5) is 0 Å². The van der Waals surface area contributed by atoms with Crippen molar-refractivity contribution in [1.29, 1.82) is 0 Å². The van der Waals surface area contributed by atoms with Gasteiger partial charge in [0.1, 0.15) is 0 Å². The van der Waals surface area contributed by atoms with Crippen molar-refractivity contribution in [2.24, 2.45) is 17.8 Å². The van der Waals surface area contributed by atoms with E-state index in [0.717, 1.165) is 13.1 Å². The average molecular weight is 211 g/mol. The van der Waals surface area contributed by atoms with Gasteiger partial charge in [0.25, 0.3) is 0 Å². The quantitative estimate of drug-likeness (QED) is 0.757. The number of hydrogen-bond acceptors (Lipinski definition) is 2. The van der Waals surface area contributed by atoms with E-state index in [1.54, 1.807) is 0 Å². The maximum absolute atomic E-state index is 11.2. The summed E-state index contributed by atoms with van der Waals surface area (Å²) in [4.78, 5) is 13.5. The smallest absolute Gasteiger partial charge is 0.308 e. The predicted octanol–water partition coefficient (Wildman–Crippen LogP) is 1.83. The molecule has 2 aliphatic rings. The number of carboxylic acid groups (broad SMARTS) is 1. The van der Waals surface area contributed by atoms with Gasteiger partial charge in [-0.2, -0.15) is 0 Å². The molecule has 2 atom stereocenters. The van der Waals surface area contributed by atoms with Crippen LogP contribution < -0.4 is 0 Å². The molecule has 0 aromatic rings. The Hall–Kier alpha value is -0.570. The molecule has 2 fully saturated rings. The number of rotatable bonds is 2. The van der Waals surface area contributed by atoms with Crippen LogP contribution in [0.15, 0.2) is 0 Å². The Labute approximate surface area is 91.5 Å². The van der Waals surface area contributed by atoms with E-state index < -0.39 is 5.97 Å². The van der Waals surface area contributed by atoms with Crippen molar-refractivity contribution >= 4 is 5.97 Å². The van der Waals surface area contributed by atoms with Gasteiger partial charge in [-0.15, -0.1) is 0 Å². The molecule has 0 unspecified atom stereocenters. The summed E-state index contributed by atoms with van der Waals surface area (Å²) in [7, 11) is 0. The van der Waals surface area contributed by atoms with Crippen LogP contribution in [0.5, 0.6) is 0 Å². The molecular weight excluding hydrogens is 190 g/mol. The van der Waals surface area contributed by atoms with E-state index in [9.17, 15) is 9.90 Å². The van der Waals surface area contributed by atoms with Crippen LogP contribution in [0.3, 0.4) is 0 Å². The van der Waals surface area contributed by atoms with Crippen molar-refractivity contribution in [3.8, 4) is 0 Å². The highest BCUT2D eigenvalue weighted by molar-refractivity contribution is 5.71. The van der Waals surface area contributed by atoms with Gasteiger partial charge in [0.15, 0.2) is 0 Å². The molecule has 1 heterocycles. The second-order valence-corrected chi connectivity index (χ2v) is 6.02. The molecule has 0 radical (unpaired) electrons. The summed E-state index contributed by atoms with van der Waals surface area (Å²) in [5.41, 5.74) is 0.108. The Balaban J connectivity index is 2.08. The second kappa shape index (κ2) is 3.48. The monoisotopic (exact) mass is 211 g/mol. The van der Waals surface area contributed by atoms with Crippen LogP contribution >= 0.6 is 0 Å². The largest absolute Gasteiger partial charge is 0.481 e. The zero-order valence-electron chi connectivity index (χ0n) is 9.86. The number of nitrogens with zero attached hydrogens (tertiary/aromatic N) is 1. The molecule has 1 aliphatic heterocycles. The molecule has 3 heteroatoms. The van der Waals surface area contributed by atoms with Crippen molar-refractivity contribution in [3.63, 3.8) is 0 Å². The summed E-state index contributed by atoms with van der Waals surface area (Å²) >= 11 is 0. The van der Waals surface area contributed by atoms with E-state index in [1.807, 2.05) is 0 Å². The summed E-state index contributed by atoms with van der Waals surface area (Å²) in [6, 6.07) is 0. The number of carboxylic acids is 1. The first-order chi connectivity index (χ1) is 6.89. The Bertz CT molecular complexity index is 265. The first-order valence-corrected chi connectivity index (χ1v) is 5.87. The lowest BCUT2D eigenvalue weighted by molar-refractivity contribution is -0.142. The van der Waals surface area contributed by atoms with E-state index in [0.29, 0.717) is 11.8 Å². The molecule has 2 rings (SSSR count). The minimum Gasteiger partial charge on any atom is -0.481 e. The Morgan fingerprint density at radius 3 is 2.27 bits per heavy atom. The van der Waals surface area contributed by atoms with Gasteiger partial charge >= 0.3 is 5.97 Å². The highest BCUT2D eigenvalue weighted by atomic mass is 16.4. The van der Waals surface area contributed by atoms with Gasteiger partial charge in [-0.3, -0.25) is 9.69 Å². The molecule has 1 N–H and O–H groups in total. The molecule has 86 valence electrons. The SMILES string of the molecule is CC(C)(C)N1C[C@@H](C(=O)O)[C@H](C2CC2)C1. The van der Waals surface area contributed by atoms with Gasteiger partial charge in [-0.25, -0.2) is 0 Å². The first-order valence-electron chi connectivity index (χ1n) is 5.87. The Morgan fingerprint density at radius 1 is 1.27 bits per heavy atom. The highest BCUT2D eigenvalue weighted by Gasteiger charge is 2.47. The van der Waals surface area contributed by atoms with Crippen LogP contribution in [0.1, 0.15) is 33.6 Å². The molecule has 0 bridgehead atoms. The van der Waals surface area contributed by atoms with E-state index >= 15 is 0 Å². The molecular formula is C12H21NO2. The van der Waals surface area contributed by atoms with Crippen LogP contribution in [0.25, 0.3) is 0 Å². The topological polar surface area (TPSA) is 40.5 Å². The van der Waals surface area contributed by atoms with Gasteiger partial charge < -0.3 is 5.11 Å². The van der Waals surface area contributed by atoms with Gasteiger partial charge in [-0.1, -0.05) is 0 Å². The minimum atomic E-state index is -0.598. The van der Waals surface area contributed by atoms with Gasteiger partial charge in [0, 0.05) is 18.6 Å². The van der Waals surface area contributed by atoms with Crippen LogP contribution in [-0.4, -0.2) is 34.6 Å². The molecule has 3 nitrogen and oxygen atoms in total. The van der Waals surface area contributed by atoms with Gasteiger partial charge in [-0.05, 0) is 45.4 Å². The lowest BCUT2D eigenvalue weighted by Gasteiger charge is -2.31. The summed E-state index contributed by atoms with van der Waals surface area (Å²) in [6.45, 7) is 8.22. The molecule has 1 aliphatic carbocycles. The third-order valence-corrected chi connectivity index (χ3v) is 3.86. The molecule has 0 aromatic carbocycles. The minimum absolute atomic E-state index is 0.108. The van der Waals surface area contributed by atoms with E-state index in [1.165, 1.54) is 12.8 Å². The van der Waals surface area contributed by atoms with Crippen molar-refractivity contribution < 1.29 is 9.90 Å². The lowest BCUT2D eigenvalue weighted by atomic mass is 9.92. The van der Waals surface area contributed by atoms with Crippen LogP contribution in [0.2, 0.25) is 0 Å². The van der Waals surface area contributed by atoms with E-state index in [2.05, 4.69) is 25.7 Å². The van der Waals surface area contributed by atoms with Crippen LogP contribution in [0, 0.1) is 17.8 Å². The predicted molar refractivity (Wildman–Crippen MR) is 58.7 cm³/mol. The number of likely N-dealkylation sites (tertiary alicyclic amines) is 1. The Morgan fingerprint density at radius 2 is 1.87 bits per heavy atom. The molecule has 0 aromatic heterocycles. The molecule has 15 heavy (non-hydrogen) atoms. The van der Waals surface area contributed by atoms with Crippen molar-refractivity contribution in [1.82, 2.24) is 4.90 Å². The zero-order chi connectivity index (χ0) is 11.2. The van der Waals surface area contributed by atoms with Crippen molar-refractivity contribution in [3.05, 3.63) is 0 Å². The number of aliphatic carboxylic acids is 1. The fraction of sp³-hybridized carbons (Fsp3) is 0.917. The summed E-state index contributed by atoms with van der Waals surface area (Å²) in [6.07, 6.45) is 2.48. The number of hydrogen-bond donors (Lipinski definition) is 1. The van der Waals surface area contributed by atoms with Crippen molar-refractivity contribution in [2.45, 2.75) is 39.2 Å². The molecule has 0 spiro atoms. The second-order valence-electron chi connectivity index (χ2n) is 6.02. The normalized spacial score (nSPS) is 33.3. The summed E-state index contributed by atoms with van der Waals surface area (Å²) in [5, 5.41) is 9.22. The fourth-order valence-electron chi connectivity index (χ4n) is 2.64. The summed E-state index contributed by atoms with van der Waals surface area (Å²) < 4.78 is 0. The third-order valence-electron chi connectivity index (χ3n) is 3.86. The highest BCUT2D eigenvalue weighted by Crippen LogP contribution is 2.45. The van der Waals surface area contributed by atoms with Gasteiger partial charge in [0.05, 0.1) is 5.92 Å². The number of carbonyl (C=O) groups is 1.